The summed E-state index contributed by atoms with van der Waals surface area (Å²) in [7, 11) is 0. The molecule has 0 saturated carbocycles. The van der Waals surface area contributed by atoms with Gasteiger partial charge in [0.1, 0.15) is 6.10 Å². The van der Waals surface area contributed by atoms with Gasteiger partial charge in [-0.2, -0.15) is 5.10 Å². The van der Waals surface area contributed by atoms with Crippen LogP contribution in [0.15, 0.2) is 60.8 Å². The Morgan fingerprint density at radius 1 is 1.12 bits per heavy atom. The molecule has 1 fully saturated rings. The van der Waals surface area contributed by atoms with Crippen molar-refractivity contribution in [2.45, 2.75) is 32.3 Å². The van der Waals surface area contributed by atoms with Crippen LogP contribution < -0.4 is 9.47 Å². The van der Waals surface area contributed by atoms with Gasteiger partial charge in [0.15, 0.2) is 17.3 Å². The lowest BCUT2D eigenvalue weighted by molar-refractivity contribution is -0.139. The number of hydrogen-bond donors (Lipinski definition) is 0. The molecule has 1 aromatic heterocycles. The molecule has 0 spiro atoms. The van der Waals surface area contributed by atoms with Gasteiger partial charge >= 0.3 is 0 Å². The summed E-state index contributed by atoms with van der Waals surface area (Å²) in [5, 5.41) is 4.46. The summed E-state index contributed by atoms with van der Waals surface area (Å²) >= 11 is 0. The van der Waals surface area contributed by atoms with E-state index in [2.05, 4.69) is 5.10 Å². The van der Waals surface area contributed by atoms with Crippen LogP contribution in [-0.4, -0.2) is 52.4 Å². The molecule has 5 rings (SSSR count). The quantitative estimate of drug-likeness (QED) is 0.591. The van der Waals surface area contributed by atoms with E-state index >= 15 is 0 Å². The number of para-hydroxylation sites is 1. The van der Waals surface area contributed by atoms with E-state index in [-0.39, 0.29) is 18.8 Å². The molecule has 166 valence electrons. The van der Waals surface area contributed by atoms with Crippen molar-refractivity contribution >= 4 is 5.91 Å². The van der Waals surface area contributed by atoms with Crippen molar-refractivity contribution in [3.05, 3.63) is 72.1 Å². The number of carbonyl (C=O) groups excluding carboxylic acids is 1. The smallest absolute Gasteiger partial charge is 0.254 e. The third-order valence-electron chi connectivity index (χ3n) is 5.47. The summed E-state index contributed by atoms with van der Waals surface area (Å²) in [6, 6.07) is 17.0. The summed E-state index contributed by atoms with van der Waals surface area (Å²) in [4.78, 5) is 15.3. The number of benzene rings is 2. The fourth-order valence-electron chi connectivity index (χ4n) is 3.98. The molecule has 2 aromatic carbocycles. The third-order valence-corrected chi connectivity index (χ3v) is 5.47. The number of nitrogens with zero attached hydrogens (tertiary/aromatic N) is 3. The summed E-state index contributed by atoms with van der Waals surface area (Å²) in [6.45, 7) is 5.09. The Kier molecular flexibility index (Phi) is 5.32. The van der Waals surface area contributed by atoms with E-state index in [9.17, 15) is 4.79 Å². The monoisotopic (exact) mass is 435 g/mol. The highest BCUT2D eigenvalue weighted by Crippen LogP contribution is 2.33. The molecule has 1 saturated heterocycles. The minimum Gasteiger partial charge on any atom is -0.454 e. The first-order chi connectivity index (χ1) is 15.5. The van der Waals surface area contributed by atoms with Crippen molar-refractivity contribution in [3.8, 4) is 17.2 Å². The zero-order valence-electron chi connectivity index (χ0n) is 18.1. The molecule has 3 aromatic rings. The van der Waals surface area contributed by atoms with Crippen molar-refractivity contribution in [2.24, 2.45) is 0 Å². The topological polar surface area (TPSA) is 75.1 Å². The Balaban J connectivity index is 1.43. The van der Waals surface area contributed by atoms with Crippen LogP contribution in [0.5, 0.6) is 11.5 Å². The molecule has 1 atom stereocenters. The molecule has 0 N–H and O–H groups in total. The van der Waals surface area contributed by atoms with Gasteiger partial charge in [0, 0.05) is 11.8 Å². The van der Waals surface area contributed by atoms with Crippen LogP contribution in [-0.2, 0) is 16.0 Å². The van der Waals surface area contributed by atoms with Gasteiger partial charge in [-0.15, -0.1) is 0 Å². The molecule has 3 heterocycles. The van der Waals surface area contributed by atoms with E-state index in [1.165, 1.54) is 0 Å². The van der Waals surface area contributed by atoms with E-state index < -0.39 is 5.79 Å². The Hall–Kier alpha value is -3.36. The predicted octanol–water partition coefficient (Wildman–Crippen LogP) is 3.39. The molecule has 2 aliphatic heterocycles. The molecule has 1 amide bonds. The number of carbonyl (C=O) groups is 1. The van der Waals surface area contributed by atoms with E-state index in [4.69, 9.17) is 18.9 Å². The Labute approximate surface area is 186 Å². The second-order valence-electron chi connectivity index (χ2n) is 8.27. The van der Waals surface area contributed by atoms with Gasteiger partial charge < -0.3 is 23.8 Å². The Bertz CT molecular complexity index is 1110. The van der Waals surface area contributed by atoms with Gasteiger partial charge in [-0.3, -0.25) is 4.79 Å². The van der Waals surface area contributed by atoms with Crippen molar-refractivity contribution in [1.82, 2.24) is 14.7 Å². The normalized spacial score (nSPS) is 18.6. The molecule has 0 bridgehead atoms. The predicted molar refractivity (Wildman–Crippen MR) is 116 cm³/mol. The zero-order valence-corrected chi connectivity index (χ0v) is 18.1. The zero-order chi connectivity index (χ0) is 22.1. The summed E-state index contributed by atoms with van der Waals surface area (Å²) in [5.74, 6) is 0.429. The number of aromatic nitrogens is 2. The largest absolute Gasteiger partial charge is 0.454 e. The maximum absolute atomic E-state index is 13.6. The van der Waals surface area contributed by atoms with Crippen LogP contribution in [0, 0.1) is 0 Å². The fourth-order valence-corrected chi connectivity index (χ4v) is 3.98. The third kappa shape index (κ3) is 4.19. The van der Waals surface area contributed by atoms with E-state index in [1.807, 2.05) is 54.9 Å². The van der Waals surface area contributed by atoms with Gasteiger partial charge in [0.05, 0.1) is 31.1 Å². The van der Waals surface area contributed by atoms with Gasteiger partial charge in [0.2, 0.25) is 6.79 Å². The van der Waals surface area contributed by atoms with E-state index in [0.717, 1.165) is 11.4 Å². The van der Waals surface area contributed by atoms with E-state index in [0.29, 0.717) is 36.8 Å². The summed E-state index contributed by atoms with van der Waals surface area (Å²) in [6.07, 6.45) is 1.51. The first-order valence-corrected chi connectivity index (χ1v) is 10.6. The second-order valence-corrected chi connectivity index (χ2v) is 8.27. The van der Waals surface area contributed by atoms with Gasteiger partial charge in [-0.05, 0) is 50.2 Å². The SMILES string of the molecule is CC1(C)OCC(CN(Cc2ccnn2-c2ccccc2)C(=O)c2ccc3c(c2)OCO3)O1. The van der Waals surface area contributed by atoms with Crippen LogP contribution in [0.4, 0.5) is 0 Å². The highest BCUT2D eigenvalue weighted by atomic mass is 16.7. The number of amides is 1. The average molecular weight is 435 g/mol. The minimum atomic E-state index is -0.663. The lowest BCUT2D eigenvalue weighted by atomic mass is 10.1. The van der Waals surface area contributed by atoms with Gasteiger partial charge in [-0.1, -0.05) is 18.2 Å². The fraction of sp³-hybridized carbons (Fsp3) is 0.333. The number of ether oxygens (including phenoxy) is 4. The van der Waals surface area contributed by atoms with Crippen molar-refractivity contribution in [3.63, 3.8) is 0 Å². The van der Waals surface area contributed by atoms with Crippen LogP contribution in [0.1, 0.15) is 29.9 Å². The number of rotatable bonds is 6. The minimum absolute atomic E-state index is 0.127. The van der Waals surface area contributed by atoms with Gasteiger partial charge in [0.25, 0.3) is 5.91 Å². The van der Waals surface area contributed by atoms with Gasteiger partial charge in [-0.25, -0.2) is 4.68 Å². The Morgan fingerprint density at radius 3 is 2.72 bits per heavy atom. The highest BCUT2D eigenvalue weighted by molar-refractivity contribution is 5.95. The molecule has 8 nitrogen and oxygen atoms in total. The van der Waals surface area contributed by atoms with E-state index in [1.54, 1.807) is 29.3 Å². The maximum Gasteiger partial charge on any atom is 0.254 e. The summed E-state index contributed by atoms with van der Waals surface area (Å²) < 4.78 is 24.4. The van der Waals surface area contributed by atoms with Crippen molar-refractivity contribution in [2.75, 3.05) is 19.9 Å². The standard InChI is InChI=1S/C24H25N3O5/c1-24(2)31-15-20(32-24)14-26(23(28)17-8-9-21-22(12-17)30-16-29-21)13-19-10-11-25-27(19)18-6-4-3-5-7-18/h3-12,20H,13-16H2,1-2H3. The number of hydrogen-bond acceptors (Lipinski definition) is 6. The lowest BCUT2D eigenvalue weighted by Crippen LogP contribution is -2.39. The molecule has 0 aliphatic carbocycles. The number of fused-ring (bicyclic) bond motifs is 1. The molecular weight excluding hydrogens is 410 g/mol. The maximum atomic E-state index is 13.6. The first-order valence-electron chi connectivity index (χ1n) is 10.6. The van der Waals surface area contributed by atoms with Crippen molar-refractivity contribution < 1.29 is 23.7 Å². The molecule has 8 heteroatoms. The van der Waals surface area contributed by atoms with Crippen LogP contribution in [0.25, 0.3) is 5.69 Å². The highest BCUT2D eigenvalue weighted by Gasteiger charge is 2.35. The molecule has 0 radical (unpaired) electrons. The van der Waals surface area contributed by atoms with Crippen molar-refractivity contribution in [1.29, 1.82) is 0 Å². The summed E-state index contributed by atoms with van der Waals surface area (Å²) in [5.41, 5.74) is 2.35. The molecule has 1 unspecified atom stereocenters. The molecule has 2 aliphatic rings. The molecule has 32 heavy (non-hydrogen) atoms. The second kappa shape index (κ2) is 8.29. The molecular formula is C24H25N3O5. The Morgan fingerprint density at radius 2 is 1.94 bits per heavy atom. The van der Waals surface area contributed by atoms with Crippen LogP contribution in [0.2, 0.25) is 0 Å². The first kappa shape index (κ1) is 20.5. The van der Waals surface area contributed by atoms with Crippen LogP contribution in [0.3, 0.4) is 0 Å². The van der Waals surface area contributed by atoms with Crippen LogP contribution >= 0.6 is 0 Å². The average Bonchev–Trinajstić information content (AvgIpc) is 3.52. The lowest BCUT2D eigenvalue weighted by Gasteiger charge is -2.26.